The Bertz CT molecular complexity index is 705. The highest BCUT2D eigenvalue weighted by atomic mass is 32.2. The Labute approximate surface area is 150 Å². The number of para-hydroxylation sites is 1. The van der Waals surface area contributed by atoms with E-state index in [1.165, 1.54) is 11.8 Å². The van der Waals surface area contributed by atoms with Crippen molar-refractivity contribution in [1.82, 2.24) is 20.1 Å². The van der Waals surface area contributed by atoms with Crippen LogP contribution in [-0.4, -0.2) is 45.5 Å². The Morgan fingerprint density at radius 3 is 2.76 bits per heavy atom. The van der Waals surface area contributed by atoms with E-state index >= 15 is 0 Å². The first-order valence-electron chi connectivity index (χ1n) is 7.80. The van der Waals surface area contributed by atoms with E-state index in [1.54, 1.807) is 11.6 Å². The van der Waals surface area contributed by atoms with Crippen LogP contribution < -0.4 is 15.8 Å². The molecule has 2 amide bonds. The van der Waals surface area contributed by atoms with E-state index in [-0.39, 0.29) is 24.0 Å². The quantitative estimate of drug-likeness (QED) is 0.470. The highest BCUT2D eigenvalue weighted by Gasteiger charge is 2.12. The Morgan fingerprint density at radius 1 is 1.28 bits per heavy atom. The van der Waals surface area contributed by atoms with Crippen molar-refractivity contribution in [3.05, 3.63) is 36.2 Å². The fourth-order valence-electron chi connectivity index (χ4n) is 1.98. The zero-order valence-electron chi connectivity index (χ0n) is 14.0. The Morgan fingerprint density at radius 2 is 2.04 bits per heavy atom. The number of amides is 2. The molecule has 8 nitrogen and oxygen atoms in total. The molecule has 0 saturated heterocycles. The molecular weight excluding hydrogens is 342 g/mol. The molecule has 1 heterocycles. The molecule has 9 heteroatoms. The Hall–Kier alpha value is -2.55. The van der Waals surface area contributed by atoms with Gasteiger partial charge >= 0.3 is 0 Å². The molecule has 1 aromatic heterocycles. The number of nitrogens with zero attached hydrogens (tertiary/aromatic N) is 3. The van der Waals surface area contributed by atoms with Crippen molar-refractivity contribution < 1.29 is 14.3 Å². The maximum absolute atomic E-state index is 11.9. The molecule has 25 heavy (non-hydrogen) atoms. The molecule has 134 valence electrons. The molecule has 1 aromatic carbocycles. The van der Waals surface area contributed by atoms with E-state index < -0.39 is 0 Å². The summed E-state index contributed by atoms with van der Waals surface area (Å²) in [7, 11) is 1.80. The van der Waals surface area contributed by atoms with Crippen molar-refractivity contribution in [1.29, 1.82) is 0 Å². The summed E-state index contributed by atoms with van der Waals surface area (Å²) in [6.45, 7) is 0.832. The fraction of sp³-hybridized carbons (Fsp3) is 0.375. The molecule has 0 aliphatic heterocycles. The first-order chi connectivity index (χ1) is 12.1. The number of carbonyl (C=O) groups excluding carboxylic acids is 2. The third-order valence-corrected chi connectivity index (χ3v) is 4.31. The van der Waals surface area contributed by atoms with E-state index in [0.717, 1.165) is 5.75 Å². The molecule has 2 rings (SSSR count). The second-order valence-electron chi connectivity index (χ2n) is 5.22. The standard InChI is InChI=1S/C16H21N5O3S/c1-21-14(8-7-13(17)22)19-20-16(21)25-11-15(23)18-9-10-24-12-5-3-2-4-6-12/h2-6H,7-11H2,1H3,(H2,17,22)(H,18,23). The number of hydrogen-bond acceptors (Lipinski definition) is 6. The van der Waals surface area contributed by atoms with Gasteiger partial charge < -0.3 is 20.4 Å². The summed E-state index contributed by atoms with van der Waals surface area (Å²) in [6, 6.07) is 9.42. The number of primary amides is 1. The van der Waals surface area contributed by atoms with Crippen molar-refractivity contribution in [2.75, 3.05) is 18.9 Å². The van der Waals surface area contributed by atoms with Crippen LogP contribution in [0.5, 0.6) is 5.75 Å². The highest BCUT2D eigenvalue weighted by molar-refractivity contribution is 7.99. The number of carbonyl (C=O) groups is 2. The van der Waals surface area contributed by atoms with E-state index in [2.05, 4.69) is 15.5 Å². The topological polar surface area (TPSA) is 112 Å². The summed E-state index contributed by atoms with van der Waals surface area (Å²) in [5.74, 6) is 1.18. The SMILES string of the molecule is Cn1c(CCC(N)=O)nnc1SCC(=O)NCCOc1ccccc1. The lowest BCUT2D eigenvalue weighted by atomic mass is 10.3. The maximum atomic E-state index is 11.9. The number of nitrogens with one attached hydrogen (secondary N) is 1. The average molecular weight is 363 g/mol. The van der Waals surface area contributed by atoms with Crippen LogP contribution >= 0.6 is 11.8 Å². The number of aromatic nitrogens is 3. The molecule has 0 atom stereocenters. The third-order valence-electron chi connectivity index (χ3n) is 3.29. The summed E-state index contributed by atoms with van der Waals surface area (Å²) in [4.78, 5) is 22.7. The normalized spacial score (nSPS) is 10.4. The smallest absolute Gasteiger partial charge is 0.230 e. The van der Waals surface area contributed by atoms with Gasteiger partial charge in [0.25, 0.3) is 0 Å². The van der Waals surface area contributed by atoms with Crippen LogP contribution in [0.3, 0.4) is 0 Å². The molecule has 2 aromatic rings. The van der Waals surface area contributed by atoms with E-state index in [4.69, 9.17) is 10.5 Å². The minimum atomic E-state index is -0.380. The summed E-state index contributed by atoms with van der Waals surface area (Å²) >= 11 is 1.28. The monoisotopic (exact) mass is 363 g/mol. The van der Waals surface area contributed by atoms with Crippen LogP contribution in [0.25, 0.3) is 0 Å². The number of hydrogen-bond donors (Lipinski definition) is 2. The van der Waals surface area contributed by atoms with Crippen LogP contribution in [0.15, 0.2) is 35.5 Å². The van der Waals surface area contributed by atoms with Crippen molar-refractivity contribution in [3.8, 4) is 5.75 Å². The number of nitrogens with two attached hydrogens (primary N) is 1. The first-order valence-corrected chi connectivity index (χ1v) is 8.78. The summed E-state index contributed by atoms with van der Waals surface area (Å²) in [5.41, 5.74) is 5.13. The minimum absolute atomic E-state index is 0.108. The Balaban J connectivity index is 1.67. The fourth-order valence-corrected chi connectivity index (χ4v) is 2.74. The molecule has 0 aliphatic rings. The number of benzene rings is 1. The summed E-state index contributed by atoms with van der Waals surface area (Å²) in [6.07, 6.45) is 0.654. The second kappa shape index (κ2) is 9.67. The van der Waals surface area contributed by atoms with Gasteiger partial charge in [0.2, 0.25) is 11.8 Å². The molecule has 0 saturated carbocycles. The lowest BCUT2D eigenvalue weighted by Gasteiger charge is -2.07. The van der Waals surface area contributed by atoms with Crippen LogP contribution in [0, 0.1) is 0 Å². The van der Waals surface area contributed by atoms with Gasteiger partial charge in [0.1, 0.15) is 18.2 Å². The lowest BCUT2D eigenvalue weighted by molar-refractivity contribution is -0.119. The van der Waals surface area contributed by atoms with Gasteiger partial charge in [-0.2, -0.15) is 0 Å². The maximum Gasteiger partial charge on any atom is 0.230 e. The number of thioether (sulfide) groups is 1. The van der Waals surface area contributed by atoms with Gasteiger partial charge in [-0.05, 0) is 12.1 Å². The first kappa shape index (κ1) is 18.8. The number of aryl methyl sites for hydroxylation is 1. The predicted molar refractivity (Wildman–Crippen MR) is 94.2 cm³/mol. The summed E-state index contributed by atoms with van der Waals surface area (Å²) in [5, 5.41) is 11.4. The van der Waals surface area contributed by atoms with Crippen LogP contribution in [-0.2, 0) is 23.1 Å². The van der Waals surface area contributed by atoms with Crippen LogP contribution in [0.1, 0.15) is 12.2 Å². The van der Waals surface area contributed by atoms with Crippen molar-refractivity contribution in [3.63, 3.8) is 0 Å². The minimum Gasteiger partial charge on any atom is -0.492 e. The van der Waals surface area contributed by atoms with Gasteiger partial charge in [-0.25, -0.2) is 0 Å². The summed E-state index contributed by atoms with van der Waals surface area (Å²) < 4.78 is 7.27. The lowest BCUT2D eigenvalue weighted by Crippen LogP contribution is -2.29. The van der Waals surface area contributed by atoms with Gasteiger partial charge in [-0.15, -0.1) is 10.2 Å². The van der Waals surface area contributed by atoms with Crippen molar-refractivity contribution in [2.24, 2.45) is 12.8 Å². The zero-order valence-corrected chi connectivity index (χ0v) is 14.8. The largest absolute Gasteiger partial charge is 0.492 e. The van der Waals surface area contributed by atoms with Gasteiger partial charge in [0.15, 0.2) is 5.16 Å². The molecule has 0 aliphatic carbocycles. The average Bonchev–Trinajstić information content (AvgIpc) is 2.96. The van der Waals surface area contributed by atoms with Crippen molar-refractivity contribution in [2.45, 2.75) is 18.0 Å². The molecule has 3 N–H and O–H groups in total. The van der Waals surface area contributed by atoms with Gasteiger partial charge in [-0.3, -0.25) is 9.59 Å². The van der Waals surface area contributed by atoms with Crippen LogP contribution in [0.2, 0.25) is 0 Å². The van der Waals surface area contributed by atoms with Gasteiger partial charge in [0, 0.05) is 19.9 Å². The van der Waals surface area contributed by atoms with Gasteiger partial charge in [0.05, 0.1) is 12.3 Å². The molecule has 0 bridgehead atoms. The van der Waals surface area contributed by atoms with E-state index in [9.17, 15) is 9.59 Å². The molecule has 0 spiro atoms. The zero-order chi connectivity index (χ0) is 18.1. The third kappa shape index (κ3) is 6.46. The van der Waals surface area contributed by atoms with E-state index in [0.29, 0.717) is 30.6 Å². The van der Waals surface area contributed by atoms with Gasteiger partial charge in [-0.1, -0.05) is 30.0 Å². The van der Waals surface area contributed by atoms with Crippen molar-refractivity contribution >= 4 is 23.6 Å². The molecular formula is C16H21N5O3S. The Kier molecular flexibility index (Phi) is 7.27. The second-order valence-corrected chi connectivity index (χ2v) is 6.17. The molecule has 0 fully saturated rings. The molecule has 0 unspecified atom stereocenters. The van der Waals surface area contributed by atoms with Crippen LogP contribution in [0.4, 0.5) is 0 Å². The predicted octanol–water partition coefficient (Wildman–Crippen LogP) is 0.520. The number of ether oxygens (including phenoxy) is 1. The highest BCUT2D eigenvalue weighted by Crippen LogP contribution is 2.15. The number of rotatable bonds is 10. The van der Waals surface area contributed by atoms with E-state index in [1.807, 2.05) is 30.3 Å². The molecule has 0 radical (unpaired) electrons.